The minimum Gasteiger partial charge on any atom is -0.357 e. The Morgan fingerprint density at radius 1 is 1.23 bits per heavy atom. The van der Waals surface area contributed by atoms with Gasteiger partial charge in [-0.15, -0.1) is 24.0 Å². The maximum atomic E-state index is 12.7. The van der Waals surface area contributed by atoms with Crippen LogP contribution in [0.15, 0.2) is 29.3 Å². The fraction of sp³-hybridized carbons (Fsp3) is 0.500. The third-order valence-electron chi connectivity index (χ3n) is 3.14. The molecule has 0 amide bonds. The molecule has 0 aromatic heterocycles. The number of nitrogens with one attached hydrogen (secondary N) is 2. The second-order valence-corrected chi connectivity index (χ2v) is 6.18. The lowest BCUT2D eigenvalue weighted by Gasteiger charge is -2.08. The summed E-state index contributed by atoms with van der Waals surface area (Å²) in [6, 6.07) is 5.02. The second-order valence-electron chi connectivity index (χ2n) is 5.19. The van der Waals surface area contributed by atoms with Crippen LogP contribution in [0, 0.1) is 11.8 Å². The van der Waals surface area contributed by atoms with E-state index in [1.807, 2.05) is 18.7 Å². The quantitative estimate of drug-likeness (QED) is 0.192. The molecule has 0 aliphatic rings. The van der Waals surface area contributed by atoms with Crippen molar-refractivity contribution in [3.63, 3.8) is 0 Å². The first-order valence-electron chi connectivity index (χ1n) is 8.14. The third kappa shape index (κ3) is 10.8. The third-order valence-corrected chi connectivity index (χ3v) is 3.83. The zero-order chi connectivity index (χ0) is 18.5. The number of alkyl halides is 3. The van der Waals surface area contributed by atoms with Gasteiger partial charge < -0.3 is 10.6 Å². The van der Waals surface area contributed by atoms with E-state index in [1.165, 1.54) is 6.07 Å². The smallest absolute Gasteiger partial charge is 0.357 e. The van der Waals surface area contributed by atoms with E-state index >= 15 is 0 Å². The van der Waals surface area contributed by atoms with Crippen LogP contribution in [0.25, 0.3) is 0 Å². The Hall–Kier alpha value is -1.08. The zero-order valence-electron chi connectivity index (χ0n) is 14.9. The molecule has 1 aromatic carbocycles. The molecular weight excluding hydrogens is 474 g/mol. The molecule has 0 saturated carbocycles. The molecule has 0 fully saturated rings. The van der Waals surface area contributed by atoms with Crippen LogP contribution in [0.3, 0.4) is 0 Å². The first kappa shape index (κ1) is 24.9. The van der Waals surface area contributed by atoms with Crippen LogP contribution in [0.5, 0.6) is 0 Å². The standard InChI is InChI=1S/C18H24F3N3S.HI/c1-3-22-17(23-11-4-5-13-25-2)24-12-7-9-15-8-6-10-16(14-15)18(19,20)21;/h6,8,10,14H,3-5,11-13H2,1-2H3,(H2,22,23,24);1H. The lowest BCUT2D eigenvalue weighted by Crippen LogP contribution is -2.37. The molecule has 2 N–H and O–H groups in total. The Bertz CT molecular complexity index is 610. The molecule has 0 unspecified atom stereocenters. The monoisotopic (exact) mass is 499 g/mol. The van der Waals surface area contributed by atoms with E-state index in [0.29, 0.717) is 18.1 Å². The van der Waals surface area contributed by atoms with Gasteiger partial charge in [0.1, 0.15) is 0 Å². The number of rotatable bonds is 7. The summed E-state index contributed by atoms with van der Waals surface area (Å²) in [5.74, 6) is 7.37. The van der Waals surface area contributed by atoms with Crippen LogP contribution in [-0.2, 0) is 6.18 Å². The number of thioether (sulfide) groups is 1. The minimum atomic E-state index is -4.35. The Morgan fingerprint density at radius 2 is 2.00 bits per heavy atom. The van der Waals surface area contributed by atoms with E-state index in [0.717, 1.165) is 43.8 Å². The van der Waals surface area contributed by atoms with Gasteiger partial charge in [0.2, 0.25) is 0 Å². The lowest BCUT2D eigenvalue weighted by atomic mass is 10.1. The molecule has 0 saturated heterocycles. The summed E-state index contributed by atoms with van der Waals surface area (Å²) < 4.78 is 38.0. The first-order chi connectivity index (χ1) is 12.0. The summed E-state index contributed by atoms with van der Waals surface area (Å²) in [4.78, 5) is 4.44. The number of guanidine groups is 1. The first-order valence-corrected chi connectivity index (χ1v) is 9.54. The molecule has 8 heteroatoms. The van der Waals surface area contributed by atoms with Crippen molar-refractivity contribution in [1.82, 2.24) is 10.6 Å². The van der Waals surface area contributed by atoms with E-state index in [9.17, 15) is 13.2 Å². The normalized spacial score (nSPS) is 11.2. The summed E-state index contributed by atoms with van der Waals surface area (Å²) in [6.45, 7) is 3.75. The van der Waals surface area contributed by atoms with E-state index in [4.69, 9.17) is 0 Å². The van der Waals surface area contributed by atoms with Crippen LogP contribution >= 0.6 is 35.7 Å². The van der Waals surface area contributed by atoms with Gasteiger partial charge in [0.05, 0.1) is 12.1 Å². The maximum Gasteiger partial charge on any atom is 0.416 e. The Labute approximate surface area is 175 Å². The molecule has 1 aromatic rings. The molecule has 1 rings (SSSR count). The van der Waals surface area contributed by atoms with Gasteiger partial charge >= 0.3 is 6.18 Å². The van der Waals surface area contributed by atoms with Crippen LogP contribution in [-0.4, -0.2) is 37.6 Å². The van der Waals surface area contributed by atoms with E-state index in [1.54, 1.807) is 6.07 Å². The second kappa shape index (κ2) is 14.0. The van der Waals surface area contributed by atoms with Crippen LogP contribution < -0.4 is 10.6 Å². The summed E-state index contributed by atoms with van der Waals surface area (Å²) >= 11 is 1.82. The summed E-state index contributed by atoms with van der Waals surface area (Å²) in [7, 11) is 0. The number of nitrogens with zero attached hydrogens (tertiary/aromatic N) is 1. The Morgan fingerprint density at radius 3 is 2.65 bits per heavy atom. The summed E-state index contributed by atoms with van der Waals surface area (Å²) in [5.41, 5.74) is -0.344. The predicted molar refractivity (Wildman–Crippen MR) is 115 cm³/mol. The number of hydrogen-bond acceptors (Lipinski definition) is 2. The molecule has 0 heterocycles. The average molecular weight is 499 g/mol. The van der Waals surface area contributed by atoms with Crippen LogP contribution in [0.2, 0.25) is 0 Å². The average Bonchev–Trinajstić information content (AvgIpc) is 2.58. The highest BCUT2D eigenvalue weighted by Crippen LogP contribution is 2.29. The number of halogens is 4. The Kier molecular flexibility index (Phi) is 13.5. The van der Waals surface area contributed by atoms with Crippen molar-refractivity contribution in [2.45, 2.75) is 25.9 Å². The molecule has 0 bridgehead atoms. The SMILES string of the molecule is CCNC(=NCCCCSC)NCC#Cc1cccc(C(F)(F)F)c1.I. The molecule has 0 atom stereocenters. The van der Waals surface area contributed by atoms with Crippen LogP contribution in [0.1, 0.15) is 30.9 Å². The molecule has 0 aliphatic heterocycles. The maximum absolute atomic E-state index is 12.7. The number of unbranched alkanes of at least 4 members (excludes halogenated alkanes) is 1. The molecule has 0 aliphatic carbocycles. The molecule has 0 radical (unpaired) electrons. The van der Waals surface area contributed by atoms with Gasteiger partial charge in [0.25, 0.3) is 0 Å². The molecular formula is C18H25F3IN3S. The highest BCUT2D eigenvalue weighted by molar-refractivity contribution is 14.0. The van der Waals surface area contributed by atoms with Gasteiger partial charge in [-0.05, 0) is 50.0 Å². The van der Waals surface area contributed by atoms with Crippen molar-refractivity contribution in [3.05, 3.63) is 35.4 Å². The number of hydrogen-bond donors (Lipinski definition) is 2. The summed E-state index contributed by atoms with van der Waals surface area (Å²) in [6.07, 6.45) is -0.123. The van der Waals surface area contributed by atoms with Crippen molar-refractivity contribution in [1.29, 1.82) is 0 Å². The van der Waals surface area contributed by atoms with Crippen molar-refractivity contribution < 1.29 is 13.2 Å². The van der Waals surface area contributed by atoms with E-state index in [2.05, 4.69) is 33.7 Å². The van der Waals surface area contributed by atoms with Gasteiger partial charge in [-0.3, -0.25) is 4.99 Å². The molecule has 3 nitrogen and oxygen atoms in total. The fourth-order valence-corrected chi connectivity index (χ4v) is 2.43. The largest absolute Gasteiger partial charge is 0.416 e. The van der Waals surface area contributed by atoms with Crippen molar-refractivity contribution in [2.24, 2.45) is 4.99 Å². The van der Waals surface area contributed by atoms with Gasteiger partial charge in [0, 0.05) is 18.7 Å². The molecule has 26 heavy (non-hydrogen) atoms. The highest BCUT2D eigenvalue weighted by atomic mass is 127. The minimum absolute atomic E-state index is 0. The van der Waals surface area contributed by atoms with E-state index in [-0.39, 0.29) is 24.0 Å². The van der Waals surface area contributed by atoms with Crippen LogP contribution in [0.4, 0.5) is 13.2 Å². The predicted octanol–water partition coefficient (Wildman–Crippen LogP) is 4.37. The van der Waals surface area contributed by atoms with E-state index < -0.39 is 11.7 Å². The van der Waals surface area contributed by atoms with Gasteiger partial charge in [0.15, 0.2) is 5.96 Å². The van der Waals surface area contributed by atoms with Crippen molar-refractivity contribution in [2.75, 3.05) is 31.6 Å². The molecule has 146 valence electrons. The Balaban J connectivity index is 0.00000625. The molecule has 0 spiro atoms. The number of aliphatic imine (C=N–C) groups is 1. The topological polar surface area (TPSA) is 36.4 Å². The number of benzene rings is 1. The van der Waals surface area contributed by atoms with Gasteiger partial charge in [-0.2, -0.15) is 24.9 Å². The fourth-order valence-electron chi connectivity index (χ4n) is 1.94. The van der Waals surface area contributed by atoms with Crippen molar-refractivity contribution in [3.8, 4) is 11.8 Å². The summed E-state index contributed by atoms with van der Waals surface area (Å²) in [5, 5.41) is 6.18. The van der Waals surface area contributed by atoms with Crippen molar-refractivity contribution >= 4 is 41.7 Å². The lowest BCUT2D eigenvalue weighted by molar-refractivity contribution is -0.137. The van der Waals surface area contributed by atoms with Gasteiger partial charge in [-0.25, -0.2) is 0 Å². The highest BCUT2D eigenvalue weighted by Gasteiger charge is 2.30. The zero-order valence-corrected chi connectivity index (χ0v) is 18.1. The van der Waals surface area contributed by atoms with Gasteiger partial charge in [-0.1, -0.05) is 17.9 Å².